The SMILES string of the molecule is CCOc1cc(CNC(=NC)NCc2ccc(OC)cc2OC)ccc1OC.I. The van der Waals surface area contributed by atoms with Gasteiger partial charge in [-0.05, 0) is 36.8 Å². The summed E-state index contributed by atoms with van der Waals surface area (Å²) >= 11 is 0. The number of nitrogens with one attached hydrogen (secondary N) is 2. The van der Waals surface area contributed by atoms with Crippen LogP contribution >= 0.6 is 24.0 Å². The normalized spacial score (nSPS) is 10.6. The average molecular weight is 515 g/mol. The highest BCUT2D eigenvalue weighted by Gasteiger charge is 2.08. The van der Waals surface area contributed by atoms with Gasteiger partial charge in [0, 0.05) is 31.8 Å². The van der Waals surface area contributed by atoms with Crippen LogP contribution in [0.5, 0.6) is 23.0 Å². The van der Waals surface area contributed by atoms with Crippen LogP contribution in [0.2, 0.25) is 0 Å². The van der Waals surface area contributed by atoms with Crippen LogP contribution in [0.25, 0.3) is 0 Å². The van der Waals surface area contributed by atoms with Crippen LogP contribution in [-0.4, -0.2) is 40.9 Å². The number of aliphatic imine (C=N–C) groups is 1. The predicted molar refractivity (Wildman–Crippen MR) is 126 cm³/mol. The van der Waals surface area contributed by atoms with E-state index >= 15 is 0 Å². The third kappa shape index (κ3) is 7.19. The predicted octanol–water partition coefficient (Wildman–Crippen LogP) is 3.59. The van der Waals surface area contributed by atoms with Gasteiger partial charge in [-0.1, -0.05) is 6.07 Å². The Morgan fingerprint density at radius 2 is 1.59 bits per heavy atom. The molecule has 0 radical (unpaired) electrons. The van der Waals surface area contributed by atoms with E-state index in [1.165, 1.54) is 0 Å². The molecular weight excluding hydrogens is 485 g/mol. The lowest BCUT2D eigenvalue weighted by molar-refractivity contribution is 0.310. The molecule has 0 saturated carbocycles. The molecule has 0 aliphatic rings. The Balaban J connectivity index is 0.00000420. The van der Waals surface area contributed by atoms with Crippen LogP contribution in [0.1, 0.15) is 18.1 Å². The molecule has 0 spiro atoms. The maximum atomic E-state index is 5.63. The first-order valence-corrected chi connectivity index (χ1v) is 9.10. The minimum absolute atomic E-state index is 0. The molecule has 2 aromatic rings. The Morgan fingerprint density at radius 3 is 2.21 bits per heavy atom. The molecule has 0 heterocycles. The molecule has 0 atom stereocenters. The van der Waals surface area contributed by atoms with Crippen LogP contribution < -0.4 is 29.6 Å². The van der Waals surface area contributed by atoms with Gasteiger partial charge in [-0.25, -0.2) is 0 Å². The van der Waals surface area contributed by atoms with Crippen LogP contribution in [0, 0.1) is 0 Å². The van der Waals surface area contributed by atoms with E-state index in [0.29, 0.717) is 25.7 Å². The Bertz CT molecular complexity index is 799. The Labute approximate surface area is 189 Å². The highest BCUT2D eigenvalue weighted by Crippen LogP contribution is 2.28. The fourth-order valence-corrected chi connectivity index (χ4v) is 2.68. The quantitative estimate of drug-likeness (QED) is 0.302. The van der Waals surface area contributed by atoms with Crippen molar-refractivity contribution in [2.45, 2.75) is 20.0 Å². The zero-order valence-electron chi connectivity index (χ0n) is 17.6. The maximum absolute atomic E-state index is 5.63. The number of ether oxygens (including phenoxy) is 4. The summed E-state index contributed by atoms with van der Waals surface area (Å²) in [7, 11) is 6.65. The van der Waals surface area contributed by atoms with Crippen LogP contribution in [-0.2, 0) is 13.1 Å². The Morgan fingerprint density at radius 1 is 0.862 bits per heavy atom. The highest BCUT2D eigenvalue weighted by molar-refractivity contribution is 14.0. The van der Waals surface area contributed by atoms with E-state index < -0.39 is 0 Å². The van der Waals surface area contributed by atoms with Gasteiger partial charge in [-0.15, -0.1) is 24.0 Å². The van der Waals surface area contributed by atoms with E-state index in [1.54, 1.807) is 28.4 Å². The molecule has 160 valence electrons. The first-order chi connectivity index (χ1) is 13.6. The number of halogens is 1. The van der Waals surface area contributed by atoms with Crippen molar-refractivity contribution >= 4 is 29.9 Å². The third-order valence-corrected chi connectivity index (χ3v) is 4.15. The summed E-state index contributed by atoms with van der Waals surface area (Å²) < 4.78 is 21.6. The second-order valence-corrected chi connectivity index (χ2v) is 5.88. The van der Waals surface area contributed by atoms with E-state index in [4.69, 9.17) is 18.9 Å². The smallest absolute Gasteiger partial charge is 0.191 e. The number of benzene rings is 2. The van der Waals surface area contributed by atoms with Gasteiger partial charge in [0.15, 0.2) is 17.5 Å². The highest BCUT2D eigenvalue weighted by atomic mass is 127. The van der Waals surface area contributed by atoms with Crippen molar-refractivity contribution in [2.75, 3.05) is 35.0 Å². The molecule has 0 unspecified atom stereocenters. The molecule has 0 bridgehead atoms. The molecule has 2 aromatic carbocycles. The molecule has 8 heteroatoms. The number of nitrogens with zero attached hydrogens (tertiary/aromatic N) is 1. The van der Waals surface area contributed by atoms with Gasteiger partial charge < -0.3 is 29.6 Å². The fourth-order valence-electron chi connectivity index (χ4n) is 2.68. The molecule has 0 saturated heterocycles. The van der Waals surface area contributed by atoms with E-state index in [-0.39, 0.29) is 24.0 Å². The number of rotatable bonds is 9. The topological polar surface area (TPSA) is 73.3 Å². The van der Waals surface area contributed by atoms with Crippen LogP contribution in [0.4, 0.5) is 0 Å². The molecule has 2 rings (SSSR count). The molecule has 0 amide bonds. The average Bonchev–Trinajstić information content (AvgIpc) is 2.74. The van der Waals surface area contributed by atoms with Crippen molar-refractivity contribution in [2.24, 2.45) is 4.99 Å². The molecular formula is C21H30IN3O4. The zero-order chi connectivity index (χ0) is 20.4. The summed E-state index contributed by atoms with van der Waals surface area (Å²) in [5.74, 6) is 3.66. The first-order valence-electron chi connectivity index (χ1n) is 9.10. The molecule has 0 fully saturated rings. The van der Waals surface area contributed by atoms with Gasteiger partial charge >= 0.3 is 0 Å². The van der Waals surface area contributed by atoms with E-state index in [1.807, 2.05) is 43.3 Å². The lowest BCUT2D eigenvalue weighted by atomic mass is 10.2. The van der Waals surface area contributed by atoms with Crippen LogP contribution in [0.3, 0.4) is 0 Å². The number of methoxy groups -OCH3 is 3. The lowest BCUT2D eigenvalue weighted by Crippen LogP contribution is -2.36. The van der Waals surface area contributed by atoms with E-state index in [2.05, 4.69) is 15.6 Å². The summed E-state index contributed by atoms with van der Waals surface area (Å²) in [6.07, 6.45) is 0. The van der Waals surface area contributed by atoms with Gasteiger partial charge in [-0.2, -0.15) is 0 Å². The number of guanidine groups is 1. The van der Waals surface area contributed by atoms with Crippen molar-refractivity contribution in [3.05, 3.63) is 47.5 Å². The number of hydrogen-bond acceptors (Lipinski definition) is 5. The van der Waals surface area contributed by atoms with Crippen molar-refractivity contribution in [3.63, 3.8) is 0 Å². The minimum Gasteiger partial charge on any atom is -0.497 e. The molecule has 29 heavy (non-hydrogen) atoms. The number of hydrogen-bond donors (Lipinski definition) is 2. The third-order valence-electron chi connectivity index (χ3n) is 4.15. The largest absolute Gasteiger partial charge is 0.497 e. The monoisotopic (exact) mass is 515 g/mol. The minimum atomic E-state index is 0. The first kappa shape index (κ1) is 24.7. The summed E-state index contributed by atoms with van der Waals surface area (Å²) in [6.45, 7) is 3.70. The molecule has 2 N–H and O–H groups in total. The lowest BCUT2D eigenvalue weighted by Gasteiger charge is -2.15. The second-order valence-electron chi connectivity index (χ2n) is 5.88. The van der Waals surface area contributed by atoms with Gasteiger partial charge in [0.05, 0.1) is 27.9 Å². The summed E-state index contributed by atoms with van der Waals surface area (Å²) in [5, 5.41) is 6.59. The molecule has 0 aromatic heterocycles. The summed E-state index contributed by atoms with van der Waals surface area (Å²) in [6, 6.07) is 11.6. The van der Waals surface area contributed by atoms with Crippen molar-refractivity contribution in [1.29, 1.82) is 0 Å². The van der Waals surface area contributed by atoms with Crippen molar-refractivity contribution in [3.8, 4) is 23.0 Å². The molecule has 0 aliphatic carbocycles. The zero-order valence-corrected chi connectivity index (χ0v) is 19.9. The summed E-state index contributed by atoms with van der Waals surface area (Å²) in [4.78, 5) is 4.27. The Hall–Kier alpha value is -2.36. The van der Waals surface area contributed by atoms with Crippen LogP contribution in [0.15, 0.2) is 41.4 Å². The van der Waals surface area contributed by atoms with Gasteiger partial charge in [-0.3, -0.25) is 4.99 Å². The molecule has 7 nitrogen and oxygen atoms in total. The fraction of sp³-hybridized carbons (Fsp3) is 0.381. The van der Waals surface area contributed by atoms with Gasteiger partial charge in [0.2, 0.25) is 0 Å². The standard InChI is InChI=1S/C21H29N3O4.HI/c1-6-28-20-11-15(7-10-18(20)26-4)13-23-21(22-2)24-14-16-8-9-17(25-3)12-19(16)27-5;/h7-12H,6,13-14H2,1-5H3,(H2,22,23,24);1H. The second kappa shape index (κ2) is 13.0. The van der Waals surface area contributed by atoms with Crippen molar-refractivity contribution in [1.82, 2.24) is 10.6 Å². The Kier molecular flexibility index (Phi) is 11.0. The van der Waals surface area contributed by atoms with Gasteiger partial charge in [0.1, 0.15) is 11.5 Å². The maximum Gasteiger partial charge on any atom is 0.191 e. The molecule has 0 aliphatic heterocycles. The van der Waals surface area contributed by atoms with E-state index in [9.17, 15) is 0 Å². The van der Waals surface area contributed by atoms with E-state index in [0.717, 1.165) is 34.1 Å². The summed E-state index contributed by atoms with van der Waals surface area (Å²) in [5.41, 5.74) is 2.07. The van der Waals surface area contributed by atoms with Gasteiger partial charge in [0.25, 0.3) is 0 Å². The van der Waals surface area contributed by atoms with Crippen molar-refractivity contribution < 1.29 is 18.9 Å².